The maximum Gasteiger partial charge on any atom is 0.0603 e. The summed E-state index contributed by atoms with van der Waals surface area (Å²) in [6, 6.07) is 0. The van der Waals surface area contributed by atoms with Crippen LogP contribution in [0.4, 0.5) is 0 Å². The minimum Gasteiger partial charge on any atom is -0.375 e. The summed E-state index contributed by atoms with van der Waals surface area (Å²) in [5, 5.41) is 0.617. The Labute approximate surface area is 146 Å². The van der Waals surface area contributed by atoms with Gasteiger partial charge in [0.2, 0.25) is 0 Å². The topological polar surface area (TPSA) is 15.7 Å². The van der Waals surface area contributed by atoms with E-state index in [1.54, 1.807) is 10.8 Å². The van der Waals surface area contributed by atoms with Crippen LogP contribution in [0.25, 0.3) is 0 Å². The van der Waals surface area contributed by atoms with Crippen LogP contribution in [0.3, 0.4) is 0 Å². The molecule has 2 heterocycles. The molecule has 0 aromatic rings. The third-order valence-electron chi connectivity index (χ3n) is 4.77. The second kappa shape index (κ2) is 9.77. The lowest BCUT2D eigenvalue weighted by Crippen LogP contribution is -2.43. The normalized spacial score (nSPS) is 25.0. The predicted octanol–water partition coefficient (Wildman–Crippen LogP) is 3.55. The van der Waals surface area contributed by atoms with Crippen molar-refractivity contribution < 1.29 is 4.74 Å². The quantitative estimate of drug-likeness (QED) is 0.560. The molecule has 0 aromatic heterocycles. The zero-order valence-electron chi connectivity index (χ0n) is 14.5. The second-order valence-electron chi connectivity index (χ2n) is 7.45. The molecular formula is C17H34N2OS2. The average Bonchev–Trinajstić information content (AvgIpc) is 2.50. The SMILES string of the molecule is CC(C)CN1CCC(OC2CCN(CC(C)SS)CC2)CC1. The minimum atomic E-state index is 0.497. The largest absolute Gasteiger partial charge is 0.375 e. The summed E-state index contributed by atoms with van der Waals surface area (Å²) in [7, 11) is 1.67. The van der Waals surface area contributed by atoms with Crippen molar-refractivity contribution in [3.63, 3.8) is 0 Å². The fourth-order valence-electron chi connectivity index (χ4n) is 3.64. The van der Waals surface area contributed by atoms with E-state index in [1.807, 2.05) is 0 Å². The molecule has 0 aromatic carbocycles. The number of ether oxygens (including phenoxy) is 1. The van der Waals surface area contributed by atoms with Crippen molar-refractivity contribution in [3.8, 4) is 0 Å². The molecule has 0 amide bonds. The summed E-state index contributed by atoms with van der Waals surface area (Å²) < 4.78 is 6.39. The van der Waals surface area contributed by atoms with E-state index in [0.717, 1.165) is 12.5 Å². The molecule has 2 fully saturated rings. The first-order valence-electron chi connectivity index (χ1n) is 8.97. The highest BCUT2D eigenvalue weighted by Gasteiger charge is 2.26. The molecule has 2 rings (SSSR count). The van der Waals surface area contributed by atoms with E-state index < -0.39 is 0 Å². The molecule has 0 aliphatic carbocycles. The van der Waals surface area contributed by atoms with Crippen LogP contribution < -0.4 is 0 Å². The van der Waals surface area contributed by atoms with Crippen LogP contribution in [-0.4, -0.2) is 66.5 Å². The van der Waals surface area contributed by atoms with Crippen LogP contribution in [0.5, 0.6) is 0 Å². The highest BCUT2D eigenvalue weighted by Crippen LogP contribution is 2.23. The molecule has 1 atom stereocenters. The van der Waals surface area contributed by atoms with E-state index in [4.69, 9.17) is 4.74 Å². The summed E-state index contributed by atoms with van der Waals surface area (Å²) in [6.45, 7) is 14.1. The number of rotatable bonds is 7. The van der Waals surface area contributed by atoms with Crippen LogP contribution in [0.15, 0.2) is 0 Å². The molecule has 0 saturated carbocycles. The third-order valence-corrected chi connectivity index (χ3v) is 6.36. The lowest BCUT2D eigenvalue weighted by molar-refractivity contribution is -0.0655. The third kappa shape index (κ3) is 6.60. The van der Waals surface area contributed by atoms with E-state index >= 15 is 0 Å². The fourth-order valence-corrected chi connectivity index (χ4v) is 4.12. The molecule has 0 bridgehead atoms. The van der Waals surface area contributed by atoms with Gasteiger partial charge in [-0.05, 0) is 31.6 Å². The zero-order valence-corrected chi connectivity index (χ0v) is 16.2. The highest BCUT2D eigenvalue weighted by atomic mass is 33.1. The summed E-state index contributed by atoms with van der Waals surface area (Å²) in [5.41, 5.74) is 0. The predicted molar refractivity (Wildman–Crippen MR) is 101 cm³/mol. The summed E-state index contributed by atoms with van der Waals surface area (Å²) in [6.07, 6.45) is 5.86. The van der Waals surface area contributed by atoms with Gasteiger partial charge in [0.15, 0.2) is 0 Å². The van der Waals surface area contributed by atoms with Gasteiger partial charge in [-0.1, -0.05) is 31.6 Å². The Kier molecular flexibility index (Phi) is 8.40. The van der Waals surface area contributed by atoms with Crippen molar-refractivity contribution in [3.05, 3.63) is 0 Å². The molecule has 3 nitrogen and oxygen atoms in total. The Morgan fingerprint density at radius 3 is 1.77 bits per heavy atom. The Balaban J connectivity index is 1.61. The first-order valence-corrected chi connectivity index (χ1v) is 10.9. The number of thiol groups is 1. The first-order chi connectivity index (χ1) is 10.6. The molecule has 0 N–H and O–H groups in total. The summed E-state index contributed by atoms with van der Waals surface area (Å²) in [4.78, 5) is 5.17. The van der Waals surface area contributed by atoms with Gasteiger partial charge in [0.05, 0.1) is 12.2 Å². The first kappa shape index (κ1) is 18.9. The van der Waals surface area contributed by atoms with Crippen molar-refractivity contribution in [1.82, 2.24) is 9.80 Å². The van der Waals surface area contributed by atoms with Gasteiger partial charge in [-0.15, -0.1) is 11.7 Å². The number of hydrogen-bond donors (Lipinski definition) is 1. The van der Waals surface area contributed by atoms with Gasteiger partial charge in [0.25, 0.3) is 0 Å². The maximum absolute atomic E-state index is 6.39. The zero-order chi connectivity index (χ0) is 15.9. The van der Waals surface area contributed by atoms with Crippen molar-refractivity contribution in [2.75, 3.05) is 39.3 Å². The van der Waals surface area contributed by atoms with Gasteiger partial charge in [-0.2, -0.15) is 0 Å². The maximum atomic E-state index is 6.39. The average molecular weight is 347 g/mol. The molecule has 2 aliphatic rings. The number of likely N-dealkylation sites (tertiary alicyclic amines) is 2. The number of piperidine rings is 2. The van der Waals surface area contributed by atoms with Crippen LogP contribution in [0, 0.1) is 5.92 Å². The summed E-state index contributed by atoms with van der Waals surface area (Å²) >= 11 is 4.31. The Hall–Kier alpha value is 0.580. The van der Waals surface area contributed by atoms with E-state index in [2.05, 4.69) is 42.2 Å². The monoisotopic (exact) mass is 346 g/mol. The Bertz CT molecular complexity index is 301. The second-order valence-corrected chi connectivity index (χ2v) is 9.09. The van der Waals surface area contributed by atoms with Gasteiger partial charge < -0.3 is 14.5 Å². The van der Waals surface area contributed by atoms with Crippen molar-refractivity contribution in [2.45, 2.75) is 63.9 Å². The summed E-state index contributed by atoms with van der Waals surface area (Å²) in [5.74, 6) is 0.777. The van der Waals surface area contributed by atoms with E-state index in [9.17, 15) is 0 Å². The molecule has 0 radical (unpaired) electrons. The molecule has 5 heteroatoms. The molecule has 2 saturated heterocycles. The molecular weight excluding hydrogens is 312 g/mol. The molecule has 22 heavy (non-hydrogen) atoms. The molecule has 2 aliphatic heterocycles. The number of hydrogen-bond acceptors (Lipinski definition) is 5. The standard InChI is InChI=1S/C17H34N2OS2/c1-14(2)12-18-8-4-16(5-9-18)20-17-6-10-19(11-7-17)13-15(3)22-21/h14-17,21H,4-13H2,1-3H3. The fraction of sp³-hybridized carbons (Fsp3) is 1.00. The van der Waals surface area contributed by atoms with Gasteiger partial charge in [0.1, 0.15) is 0 Å². The van der Waals surface area contributed by atoms with Gasteiger partial charge in [0, 0.05) is 44.5 Å². The minimum absolute atomic E-state index is 0.497. The lowest BCUT2D eigenvalue weighted by atomic mass is 10.0. The van der Waals surface area contributed by atoms with Crippen LogP contribution in [-0.2, 0) is 4.74 Å². The van der Waals surface area contributed by atoms with E-state index in [1.165, 1.54) is 58.4 Å². The van der Waals surface area contributed by atoms with Crippen LogP contribution >= 0.6 is 22.5 Å². The highest BCUT2D eigenvalue weighted by molar-refractivity contribution is 8.68. The molecule has 0 spiro atoms. The van der Waals surface area contributed by atoms with Crippen LogP contribution in [0.2, 0.25) is 0 Å². The Morgan fingerprint density at radius 1 is 0.909 bits per heavy atom. The smallest absolute Gasteiger partial charge is 0.0603 e. The van der Waals surface area contributed by atoms with Crippen molar-refractivity contribution >= 4 is 22.5 Å². The number of nitrogens with zero attached hydrogens (tertiary/aromatic N) is 2. The molecule has 1 unspecified atom stereocenters. The van der Waals surface area contributed by atoms with E-state index in [-0.39, 0.29) is 0 Å². The van der Waals surface area contributed by atoms with Crippen LogP contribution in [0.1, 0.15) is 46.5 Å². The Morgan fingerprint density at radius 2 is 1.36 bits per heavy atom. The van der Waals surface area contributed by atoms with E-state index in [0.29, 0.717) is 17.5 Å². The van der Waals surface area contributed by atoms with Crippen molar-refractivity contribution in [1.29, 1.82) is 0 Å². The van der Waals surface area contributed by atoms with Crippen molar-refractivity contribution in [2.24, 2.45) is 5.92 Å². The van der Waals surface area contributed by atoms with Gasteiger partial charge in [-0.3, -0.25) is 0 Å². The lowest BCUT2D eigenvalue weighted by Gasteiger charge is -2.38. The molecule has 130 valence electrons. The van der Waals surface area contributed by atoms with Gasteiger partial charge >= 0.3 is 0 Å². The van der Waals surface area contributed by atoms with Gasteiger partial charge in [-0.25, -0.2) is 0 Å².